The van der Waals surface area contributed by atoms with Gasteiger partial charge in [0.2, 0.25) is 0 Å². The van der Waals surface area contributed by atoms with Crippen LogP contribution in [0.2, 0.25) is 0 Å². The van der Waals surface area contributed by atoms with Crippen molar-refractivity contribution in [3.05, 3.63) is 0 Å². The zero-order valence-corrected chi connectivity index (χ0v) is 7.06. The molecule has 2 aliphatic rings. The maximum absolute atomic E-state index is 12.4. The number of fused-ring (bicyclic) bond motifs is 2. The average Bonchev–Trinajstić information content (AvgIpc) is 2.28. The number of hydrogen-bond acceptors (Lipinski definition) is 2. The molecule has 0 aromatic rings. The second kappa shape index (κ2) is 2.60. The fourth-order valence-corrected chi connectivity index (χ4v) is 2.35. The number of piperidine rings is 1. The third kappa shape index (κ3) is 1.44. The van der Waals surface area contributed by atoms with E-state index in [0.717, 1.165) is 12.8 Å². The Kier molecular flexibility index (Phi) is 1.86. The summed E-state index contributed by atoms with van der Waals surface area (Å²) in [6.07, 6.45) is -3.35. The standard InChI is InChI=1S/C8H12F3NO/c9-8(10,11)7(13)3-5-1-2-6(4-7)12-5/h5-6,12-13H,1-4H2/t5-,6-/m0/s1. The number of aliphatic hydroxyl groups is 1. The second-order valence-electron chi connectivity index (χ2n) is 4.08. The summed E-state index contributed by atoms with van der Waals surface area (Å²) in [5, 5.41) is 12.5. The third-order valence-corrected chi connectivity index (χ3v) is 3.03. The summed E-state index contributed by atoms with van der Waals surface area (Å²) in [4.78, 5) is 0. The van der Waals surface area contributed by atoms with Crippen LogP contribution in [0.5, 0.6) is 0 Å². The van der Waals surface area contributed by atoms with Crippen molar-refractivity contribution in [2.24, 2.45) is 0 Å². The monoisotopic (exact) mass is 195 g/mol. The van der Waals surface area contributed by atoms with Crippen LogP contribution in [0.3, 0.4) is 0 Å². The summed E-state index contributed by atoms with van der Waals surface area (Å²) in [6, 6.07) is -0.296. The summed E-state index contributed by atoms with van der Waals surface area (Å²) in [5.74, 6) is 0. The van der Waals surface area contributed by atoms with E-state index in [1.54, 1.807) is 0 Å². The SMILES string of the molecule is OC1(C(F)(F)F)C[C@@H]2CC[C@@H](C1)N2. The predicted molar refractivity (Wildman–Crippen MR) is 40.2 cm³/mol. The number of halogens is 3. The molecular formula is C8H12F3NO. The van der Waals surface area contributed by atoms with Gasteiger partial charge in [0.05, 0.1) is 0 Å². The van der Waals surface area contributed by atoms with Crippen LogP contribution in [0, 0.1) is 0 Å². The molecule has 0 aromatic carbocycles. The van der Waals surface area contributed by atoms with Crippen molar-refractivity contribution in [1.29, 1.82) is 0 Å². The zero-order valence-electron chi connectivity index (χ0n) is 7.06. The van der Waals surface area contributed by atoms with Gasteiger partial charge in [-0.05, 0) is 12.8 Å². The minimum Gasteiger partial charge on any atom is -0.380 e. The first-order valence-corrected chi connectivity index (χ1v) is 4.46. The Labute approximate surface area is 74.1 Å². The molecule has 2 saturated heterocycles. The number of nitrogens with one attached hydrogen (secondary N) is 1. The lowest BCUT2D eigenvalue weighted by atomic mass is 9.87. The van der Waals surface area contributed by atoms with Gasteiger partial charge >= 0.3 is 6.18 Å². The summed E-state index contributed by atoms with van der Waals surface area (Å²) in [7, 11) is 0. The maximum atomic E-state index is 12.4. The number of hydrogen-bond donors (Lipinski definition) is 2. The van der Waals surface area contributed by atoms with Gasteiger partial charge in [-0.25, -0.2) is 0 Å². The van der Waals surface area contributed by atoms with Gasteiger partial charge in [-0.1, -0.05) is 0 Å². The highest BCUT2D eigenvalue weighted by Gasteiger charge is 2.58. The number of rotatable bonds is 0. The Morgan fingerprint density at radius 1 is 1.15 bits per heavy atom. The van der Waals surface area contributed by atoms with Crippen molar-refractivity contribution in [3.8, 4) is 0 Å². The van der Waals surface area contributed by atoms with Crippen LogP contribution in [-0.2, 0) is 0 Å². The van der Waals surface area contributed by atoms with Gasteiger partial charge < -0.3 is 10.4 Å². The maximum Gasteiger partial charge on any atom is 0.417 e. The van der Waals surface area contributed by atoms with Crippen molar-refractivity contribution in [3.63, 3.8) is 0 Å². The highest BCUT2D eigenvalue weighted by Crippen LogP contribution is 2.43. The lowest BCUT2D eigenvalue weighted by Gasteiger charge is -2.38. The molecule has 76 valence electrons. The summed E-state index contributed by atoms with van der Waals surface area (Å²) in [6.45, 7) is 0. The van der Waals surface area contributed by atoms with Crippen molar-refractivity contribution < 1.29 is 18.3 Å². The molecular weight excluding hydrogens is 183 g/mol. The van der Waals surface area contributed by atoms with Crippen molar-refractivity contribution in [1.82, 2.24) is 5.32 Å². The molecule has 5 heteroatoms. The van der Waals surface area contributed by atoms with Gasteiger partial charge in [0.1, 0.15) is 0 Å². The Bertz CT molecular complexity index is 204. The molecule has 0 spiro atoms. The highest BCUT2D eigenvalue weighted by atomic mass is 19.4. The minimum atomic E-state index is -4.48. The van der Waals surface area contributed by atoms with Crippen molar-refractivity contribution >= 4 is 0 Å². The number of alkyl halides is 3. The van der Waals surface area contributed by atoms with Gasteiger partial charge in [-0.15, -0.1) is 0 Å². The zero-order chi connectivity index (χ0) is 9.69. The van der Waals surface area contributed by atoms with E-state index in [1.807, 2.05) is 0 Å². The first kappa shape index (κ1) is 9.27. The molecule has 2 rings (SSSR count). The molecule has 2 aliphatic heterocycles. The quantitative estimate of drug-likeness (QED) is 0.608. The van der Waals surface area contributed by atoms with E-state index in [0.29, 0.717) is 0 Å². The fraction of sp³-hybridized carbons (Fsp3) is 1.00. The Balaban J connectivity index is 2.17. The summed E-state index contributed by atoms with van der Waals surface area (Å²) in [5.41, 5.74) is -2.44. The van der Waals surface area contributed by atoms with E-state index < -0.39 is 11.8 Å². The van der Waals surface area contributed by atoms with Crippen LogP contribution in [0.4, 0.5) is 13.2 Å². The molecule has 0 aliphatic carbocycles. The largest absolute Gasteiger partial charge is 0.417 e. The molecule has 0 aromatic heterocycles. The highest BCUT2D eigenvalue weighted by molar-refractivity contribution is 5.03. The van der Waals surface area contributed by atoms with Crippen LogP contribution < -0.4 is 5.32 Å². The fourth-order valence-electron chi connectivity index (χ4n) is 2.35. The first-order chi connectivity index (χ1) is 5.91. The molecule has 2 bridgehead atoms. The Hall–Kier alpha value is -0.290. The van der Waals surface area contributed by atoms with E-state index in [2.05, 4.69) is 5.32 Å². The normalized spacial score (nSPS) is 45.2. The van der Waals surface area contributed by atoms with Gasteiger partial charge in [-0.2, -0.15) is 13.2 Å². The van der Waals surface area contributed by atoms with Crippen LogP contribution in [-0.4, -0.2) is 29.0 Å². The van der Waals surface area contributed by atoms with E-state index >= 15 is 0 Å². The molecule has 2 heterocycles. The third-order valence-electron chi connectivity index (χ3n) is 3.03. The lowest BCUT2D eigenvalue weighted by molar-refractivity contribution is -0.271. The van der Waals surface area contributed by atoms with Crippen LogP contribution >= 0.6 is 0 Å². The predicted octanol–water partition coefficient (Wildman–Crippen LogP) is 1.19. The summed E-state index contributed by atoms with van der Waals surface area (Å²) < 4.78 is 37.3. The Morgan fingerprint density at radius 2 is 1.62 bits per heavy atom. The molecule has 13 heavy (non-hydrogen) atoms. The molecule has 0 saturated carbocycles. The van der Waals surface area contributed by atoms with Crippen molar-refractivity contribution in [2.75, 3.05) is 0 Å². The molecule has 0 unspecified atom stereocenters. The van der Waals surface area contributed by atoms with Crippen LogP contribution in [0.15, 0.2) is 0 Å². The van der Waals surface area contributed by atoms with Crippen LogP contribution in [0.25, 0.3) is 0 Å². The molecule has 0 radical (unpaired) electrons. The average molecular weight is 195 g/mol. The molecule has 2 N–H and O–H groups in total. The molecule has 2 fully saturated rings. The lowest BCUT2D eigenvalue weighted by Crippen LogP contribution is -2.56. The van der Waals surface area contributed by atoms with E-state index in [1.165, 1.54) is 0 Å². The Morgan fingerprint density at radius 3 is 2.00 bits per heavy atom. The van der Waals surface area contributed by atoms with Gasteiger partial charge in [0.15, 0.2) is 5.60 Å². The summed E-state index contributed by atoms with van der Waals surface area (Å²) >= 11 is 0. The van der Waals surface area contributed by atoms with Crippen molar-refractivity contribution in [2.45, 2.75) is 49.5 Å². The first-order valence-electron chi connectivity index (χ1n) is 4.46. The topological polar surface area (TPSA) is 32.3 Å². The van der Waals surface area contributed by atoms with E-state index in [9.17, 15) is 18.3 Å². The van der Waals surface area contributed by atoms with E-state index in [-0.39, 0.29) is 24.9 Å². The molecule has 2 atom stereocenters. The van der Waals surface area contributed by atoms with E-state index in [4.69, 9.17) is 0 Å². The van der Waals surface area contributed by atoms with Gasteiger partial charge in [0, 0.05) is 24.9 Å². The molecule has 0 amide bonds. The minimum absolute atomic E-state index is 0.148. The van der Waals surface area contributed by atoms with Gasteiger partial charge in [0.25, 0.3) is 0 Å². The van der Waals surface area contributed by atoms with Gasteiger partial charge in [-0.3, -0.25) is 0 Å². The molecule has 2 nitrogen and oxygen atoms in total. The second-order valence-corrected chi connectivity index (χ2v) is 4.08. The smallest absolute Gasteiger partial charge is 0.380 e. The van der Waals surface area contributed by atoms with Crippen LogP contribution in [0.1, 0.15) is 25.7 Å².